The van der Waals surface area contributed by atoms with Crippen molar-refractivity contribution >= 4 is 5.97 Å². The molecule has 0 aromatic rings. The van der Waals surface area contributed by atoms with E-state index in [1.807, 2.05) is 0 Å². The summed E-state index contributed by atoms with van der Waals surface area (Å²) in [6.07, 6.45) is -13.7. The van der Waals surface area contributed by atoms with Crippen molar-refractivity contribution in [2.75, 3.05) is 0 Å². The Hall–Kier alpha value is -1.41. The van der Waals surface area contributed by atoms with Crippen LogP contribution in [-0.2, 0) is 9.53 Å². The number of hydrogen-bond acceptors (Lipinski definition) is 7. The van der Waals surface area contributed by atoms with Gasteiger partial charge in [0, 0.05) is 23.8 Å². The van der Waals surface area contributed by atoms with E-state index >= 15 is 0 Å². The molecule has 8 unspecified atom stereocenters. The van der Waals surface area contributed by atoms with Crippen molar-refractivity contribution in [3.05, 3.63) is 12.2 Å². The van der Waals surface area contributed by atoms with Gasteiger partial charge in [0.05, 0.1) is 18.3 Å². The average molecular weight is 524 g/mol. The van der Waals surface area contributed by atoms with Gasteiger partial charge in [-0.1, -0.05) is 6.58 Å². The molecule has 0 spiro atoms. The van der Waals surface area contributed by atoms with Crippen molar-refractivity contribution in [1.82, 2.24) is 0 Å². The summed E-state index contributed by atoms with van der Waals surface area (Å²) in [7, 11) is 0. The Morgan fingerprint density at radius 2 is 1.20 bits per heavy atom. The number of carbonyl (C=O) groups excluding carboxylic acids is 1. The van der Waals surface area contributed by atoms with Gasteiger partial charge in [0.1, 0.15) is 6.10 Å². The minimum absolute atomic E-state index is 0.0329. The summed E-state index contributed by atoms with van der Waals surface area (Å²) in [4.78, 5) is 11.3. The van der Waals surface area contributed by atoms with E-state index in [1.165, 1.54) is 6.92 Å². The highest BCUT2D eigenvalue weighted by Crippen LogP contribution is 2.44. The number of aliphatic hydroxyl groups is 5. The molecule has 0 bridgehead atoms. The first-order chi connectivity index (χ1) is 15.6. The molecule has 35 heavy (non-hydrogen) atoms. The molecular formula is C22H34F6O7. The lowest BCUT2D eigenvalue weighted by Crippen LogP contribution is -2.55. The molecule has 0 saturated heterocycles. The first-order valence-corrected chi connectivity index (χ1v) is 11.1. The van der Waals surface area contributed by atoms with Crippen LogP contribution >= 0.6 is 0 Å². The zero-order chi connectivity index (χ0) is 27.6. The third-order valence-electron chi connectivity index (χ3n) is 6.77. The third kappa shape index (κ3) is 7.78. The highest BCUT2D eigenvalue weighted by atomic mass is 19.4. The second kappa shape index (κ2) is 11.3. The molecule has 7 nitrogen and oxygen atoms in total. The fourth-order valence-corrected chi connectivity index (χ4v) is 4.33. The van der Waals surface area contributed by atoms with Crippen molar-refractivity contribution in [3.8, 4) is 0 Å². The summed E-state index contributed by atoms with van der Waals surface area (Å²) < 4.78 is 80.6. The molecule has 5 N–H and O–H groups in total. The summed E-state index contributed by atoms with van der Waals surface area (Å²) in [5.41, 5.74) is -5.67. The number of rotatable bonds is 4. The van der Waals surface area contributed by atoms with Crippen molar-refractivity contribution in [1.29, 1.82) is 0 Å². The fourth-order valence-electron chi connectivity index (χ4n) is 4.33. The predicted octanol–water partition coefficient (Wildman–Crippen LogP) is 2.77. The van der Waals surface area contributed by atoms with Crippen LogP contribution in [0.3, 0.4) is 0 Å². The monoisotopic (exact) mass is 524 g/mol. The molecule has 206 valence electrons. The highest BCUT2D eigenvalue weighted by Gasteiger charge is 2.58. The van der Waals surface area contributed by atoms with Crippen LogP contribution in [0.5, 0.6) is 0 Å². The van der Waals surface area contributed by atoms with Crippen LogP contribution in [0.15, 0.2) is 12.2 Å². The van der Waals surface area contributed by atoms with Gasteiger partial charge in [-0.25, -0.2) is 4.79 Å². The summed E-state index contributed by atoms with van der Waals surface area (Å²) >= 11 is 0. The predicted molar refractivity (Wildman–Crippen MR) is 111 cm³/mol. The molecule has 0 heterocycles. The molecule has 0 radical (unpaired) electrons. The van der Waals surface area contributed by atoms with Gasteiger partial charge in [-0.05, 0) is 52.9 Å². The summed E-state index contributed by atoms with van der Waals surface area (Å²) in [5, 5.41) is 47.3. The Bertz CT molecular complexity index is 735. The number of aliphatic hydroxyl groups excluding tert-OH is 3. The Morgan fingerprint density at radius 3 is 1.54 bits per heavy atom. The van der Waals surface area contributed by atoms with E-state index < -0.39 is 65.8 Å². The first kappa shape index (κ1) is 31.6. The first-order valence-electron chi connectivity index (χ1n) is 11.1. The van der Waals surface area contributed by atoms with E-state index in [0.29, 0.717) is 13.8 Å². The quantitative estimate of drug-likeness (QED) is 0.217. The molecule has 2 fully saturated rings. The van der Waals surface area contributed by atoms with E-state index in [-0.39, 0.29) is 44.1 Å². The van der Waals surface area contributed by atoms with E-state index in [1.54, 1.807) is 0 Å². The molecule has 2 aliphatic carbocycles. The van der Waals surface area contributed by atoms with Gasteiger partial charge < -0.3 is 30.3 Å². The van der Waals surface area contributed by atoms with E-state index in [9.17, 15) is 51.6 Å². The smallest absolute Gasteiger partial charge is 0.417 e. The van der Waals surface area contributed by atoms with Crippen molar-refractivity contribution in [2.45, 2.75) is 107 Å². The Kier molecular flexibility index (Phi) is 10.2. The number of halogens is 6. The van der Waals surface area contributed by atoms with Crippen molar-refractivity contribution < 1.29 is 61.4 Å². The Labute approximate surface area is 199 Å². The minimum atomic E-state index is -4.82. The number of esters is 1. The van der Waals surface area contributed by atoms with Crippen LogP contribution in [0.2, 0.25) is 0 Å². The summed E-state index contributed by atoms with van der Waals surface area (Å²) in [6, 6.07) is 0. The topological polar surface area (TPSA) is 127 Å². The maximum absolute atomic E-state index is 12.7. The van der Waals surface area contributed by atoms with Gasteiger partial charge in [0.25, 0.3) is 0 Å². The molecule has 8 atom stereocenters. The van der Waals surface area contributed by atoms with Crippen LogP contribution in [0.4, 0.5) is 26.3 Å². The highest BCUT2D eigenvalue weighted by molar-refractivity contribution is 5.87. The number of hydrogen-bond donors (Lipinski definition) is 5. The largest absolute Gasteiger partial charge is 0.459 e. The molecule has 2 rings (SSSR count). The fraction of sp³-hybridized carbons (Fsp3) is 0.864. The van der Waals surface area contributed by atoms with Crippen LogP contribution < -0.4 is 0 Å². The van der Waals surface area contributed by atoms with Gasteiger partial charge in [-0.3, -0.25) is 0 Å². The number of alkyl halides is 6. The van der Waals surface area contributed by atoms with Crippen LogP contribution in [-0.4, -0.2) is 79.5 Å². The normalized spacial score (nSPS) is 33.4. The molecule has 0 aromatic heterocycles. The molecule has 2 aliphatic rings. The van der Waals surface area contributed by atoms with Crippen molar-refractivity contribution in [2.24, 2.45) is 11.8 Å². The van der Waals surface area contributed by atoms with Gasteiger partial charge in [0.2, 0.25) is 0 Å². The maximum atomic E-state index is 12.7. The van der Waals surface area contributed by atoms with Crippen LogP contribution in [0.25, 0.3) is 0 Å². The molecule has 13 heteroatoms. The maximum Gasteiger partial charge on any atom is 0.417 e. The molecular weight excluding hydrogens is 490 g/mol. The SMILES string of the molecule is C=C(C)C(=O)OC1CCC(C(C)(O)C(F)(F)F)C(O)C1.CC(O)(C1CCC(O)CC1O)C(F)(F)F. The summed E-state index contributed by atoms with van der Waals surface area (Å²) in [6.45, 7) is 6.18. The third-order valence-corrected chi connectivity index (χ3v) is 6.77. The van der Waals surface area contributed by atoms with E-state index in [0.717, 1.165) is 0 Å². The van der Waals surface area contributed by atoms with E-state index in [4.69, 9.17) is 9.84 Å². The molecule has 0 aromatic carbocycles. The minimum Gasteiger partial charge on any atom is -0.459 e. The second-order valence-corrected chi connectivity index (χ2v) is 9.73. The Balaban J connectivity index is 0.000000365. The lowest BCUT2D eigenvalue weighted by atomic mass is 9.74. The molecule has 2 saturated carbocycles. The second-order valence-electron chi connectivity index (χ2n) is 9.73. The average Bonchev–Trinajstić information content (AvgIpc) is 2.66. The lowest BCUT2D eigenvalue weighted by Gasteiger charge is -2.41. The van der Waals surface area contributed by atoms with Crippen molar-refractivity contribution in [3.63, 3.8) is 0 Å². The van der Waals surface area contributed by atoms with Gasteiger partial charge in [-0.15, -0.1) is 0 Å². The standard InChI is InChI=1S/C13H19F3O4.C9H15F3O3/c1-7(2)11(18)20-8-4-5-9(10(17)6-8)12(3,19)13(14,15)16;1-8(15,9(10,11)12)6-3-2-5(13)4-7(6)14/h8-10,17,19H,1,4-6H2,2-3H3;5-7,13-15H,2-4H2,1H3. The molecule has 0 amide bonds. The van der Waals surface area contributed by atoms with Crippen LogP contribution in [0, 0.1) is 11.8 Å². The lowest BCUT2D eigenvalue weighted by molar-refractivity contribution is -0.286. The van der Waals surface area contributed by atoms with Crippen LogP contribution in [0.1, 0.15) is 59.3 Å². The van der Waals surface area contributed by atoms with Gasteiger partial charge >= 0.3 is 18.3 Å². The Morgan fingerprint density at radius 1 is 0.800 bits per heavy atom. The summed E-state index contributed by atoms with van der Waals surface area (Å²) in [5.74, 6) is -3.23. The van der Waals surface area contributed by atoms with E-state index in [2.05, 4.69) is 6.58 Å². The number of ether oxygens (including phenoxy) is 1. The van der Waals surface area contributed by atoms with Gasteiger partial charge in [0.15, 0.2) is 11.2 Å². The van der Waals surface area contributed by atoms with Gasteiger partial charge in [-0.2, -0.15) is 26.3 Å². The number of carbonyl (C=O) groups is 1. The zero-order valence-corrected chi connectivity index (χ0v) is 19.7. The molecule has 0 aliphatic heterocycles. The zero-order valence-electron chi connectivity index (χ0n) is 19.7.